The van der Waals surface area contributed by atoms with Crippen molar-refractivity contribution in [3.8, 4) is 16.9 Å². The third kappa shape index (κ3) is 2.64. The molecule has 0 amide bonds. The molecular formula is C18H21NO. The fourth-order valence-corrected chi connectivity index (χ4v) is 2.74. The van der Waals surface area contributed by atoms with Gasteiger partial charge in [0.05, 0.1) is 6.61 Å². The fourth-order valence-electron chi connectivity index (χ4n) is 2.74. The summed E-state index contributed by atoms with van der Waals surface area (Å²) in [7, 11) is 0. The molecule has 0 aromatic heterocycles. The van der Waals surface area contributed by atoms with E-state index in [0.29, 0.717) is 12.6 Å². The van der Waals surface area contributed by atoms with Crippen LogP contribution in [0.15, 0.2) is 42.5 Å². The molecule has 0 bridgehead atoms. The summed E-state index contributed by atoms with van der Waals surface area (Å²) in [5.74, 6) is 0.935. The fraction of sp³-hybridized carbons (Fsp3) is 0.333. The molecule has 0 radical (unpaired) electrons. The predicted octanol–water partition coefficient (Wildman–Crippen LogP) is 4.50. The average Bonchev–Trinajstić information content (AvgIpc) is 2.48. The Kier molecular flexibility index (Phi) is 3.64. The summed E-state index contributed by atoms with van der Waals surface area (Å²) >= 11 is 0. The minimum absolute atomic E-state index is 0.582. The first-order chi connectivity index (χ1) is 9.76. The number of anilines is 1. The highest BCUT2D eigenvalue weighted by atomic mass is 16.5. The summed E-state index contributed by atoms with van der Waals surface area (Å²) in [6, 6.07) is 15.6. The van der Waals surface area contributed by atoms with E-state index < -0.39 is 0 Å². The summed E-state index contributed by atoms with van der Waals surface area (Å²) in [4.78, 5) is 0. The second kappa shape index (κ2) is 5.58. The molecule has 20 heavy (non-hydrogen) atoms. The molecule has 2 nitrogen and oxygen atoms in total. The molecule has 0 fully saturated rings. The summed E-state index contributed by atoms with van der Waals surface area (Å²) in [5, 5.41) is 3.54. The summed E-state index contributed by atoms with van der Waals surface area (Å²) < 4.78 is 5.49. The minimum atomic E-state index is 0.582. The highest BCUT2D eigenvalue weighted by Crippen LogP contribution is 2.30. The monoisotopic (exact) mass is 267 g/mol. The largest absolute Gasteiger partial charge is 0.494 e. The third-order valence-corrected chi connectivity index (χ3v) is 3.85. The molecule has 0 aliphatic carbocycles. The van der Waals surface area contributed by atoms with Crippen LogP contribution in [0.25, 0.3) is 11.1 Å². The van der Waals surface area contributed by atoms with Crippen LogP contribution in [0, 0.1) is 0 Å². The van der Waals surface area contributed by atoms with Gasteiger partial charge in [-0.3, -0.25) is 0 Å². The van der Waals surface area contributed by atoms with Crippen LogP contribution in [0.3, 0.4) is 0 Å². The summed E-state index contributed by atoms with van der Waals surface area (Å²) in [5.41, 5.74) is 5.24. The SMILES string of the molecule is CCOc1ccc(-c2ccc3c(c2)CCC(C)N3)cc1. The van der Waals surface area contributed by atoms with Gasteiger partial charge >= 0.3 is 0 Å². The van der Waals surface area contributed by atoms with Crippen LogP contribution in [0.2, 0.25) is 0 Å². The van der Waals surface area contributed by atoms with Gasteiger partial charge in [-0.2, -0.15) is 0 Å². The Bertz CT molecular complexity index is 589. The smallest absolute Gasteiger partial charge is 0.119 e. The number of nitrogens with one attached hydrogen (secondary N) is 1. The molecule has 1 N–H and O–H groups in total. The lowest BCUT2D eigenvalue weighted by molar-refractivity contribution is 0.340. The number of hydrogen-bond acceptors (Lipinski definition) is 2. The molecule has 0 saturated heterocycles. The quantitative estimate of drug-likeness (QED) is 0.884. The maximum Gasteiger partial charge on any atom is 0.119 e. The Morgan fingerprint density at radius 2 is 1.85 bits per heavy atom. The number of hydrogen-bond donors (Lipinski definition) is 1. The van der Waals surface area contributed by atoms with Gasteiger partial charge in [0.15, 0.2) is 0 Å². The van der Waals surface area contributed by atoms with E-state index in [1.165, 1.54) is 28.8 Å². The van der Waals surface area contributed by atoms with E-state index in [1.54, 1.807) is 0 Å². The van der Waals surface area contributed by atoms with E-state index in [9.17, 15) is 0 Å². The molecule has 1 atom stereocenters. The van der Waals surface area contributed by atoms with E-state index in [2.05, 4.69) is 42.6 Å². The van der Waals surface area contributed by atoms with Gasteiger partial charge in [-0.05, 0) is 67.6 Å². The van der Waals surface area contributed by atoms with Gasteiger partial charge < -0.3 is 10.1 Å². The number of fused-ring (bicyclic) bond motifs is 1. The van der Waals surface area contributed by atoms with Crippen LogP contribution in [0.1, 0.15) is 25.8 Å². The normalized spacial score (nSPS) is 17.2. The van der Waals surface area contributed by atoms with E-state index in [-0.39, 0.29) is 0 Å². The van der Waals surface area contributed by atoms with Crippen molar-refractivity contribution in [2.24, 2.45) is 0 Å². The maximum atomic E-state index is 5.49. The van der Waals surface area contributed by atoms with Gasteiger partial charge in [-0.15, -0.1) is 0 Å². The van der Waals surface area contributed by atoms with Crippen LogP contribution in [0.5, 0.6) is 5.75 Å². The molecule has 2 heteroatoms. The molecule has 104 valence electrons. The second-order valence-corrected chi connectivity index (χ2v) is 5.41. The van der Waals surface area contributed by atoms with Gasteiger partial charge in [-0.25, -0.2) is 0 Å². The lowest BCUT2D eigenvalue weighted by Gasteiger charge is -2.24. The van der Waals surface area contributed by atoms with Gasteiger partial charge in [0.1, 0.15) is 5.75 Å². The van der Waals surface area contributed by atoms with Crippen LogP contribution in [-0.2, 0) is 6.42 Å². The Morgan fingerprint density at radius 1 is 1.10 bits per heavy atom. The van der Waals surface area contributed by atoms with Crippen molar-refractivity contribution in [1.29, 1.82) is 0 Å². The Balaban J connectivity index is 1.87. The van der Waals surface area contributed by atoms with Crippen LogP contribution in [0.4, 0.5) is 5.69 Å². The number of aryl methyl sites for hydroxylation is 1. The van der Waals surface area contributed by atoms with Crippen molar-refractivity contribution in [2.75, 3.05) is 11.9 Å². The Morgan fingerprint density at radius 3 is 2.60 bits per heavy atom. The van der Waals surface area contributed by atoms with E-state index in [0.717, 1.165) is 12.2 Å². The zero-order chi connectivity index (χ0) is 13.9. The van der Waals surface area contributed by atoms with E-state index in [4.69, 9.17) is 4.74 Å². The van der Waals surface area contributed by atoms with Crippen molar-refractivity contribution in [3.05, 3.63) is 48.0 Å². The van der Waals surface area contributed by atoms with Crippen molar-refractivity contribution in [3.63, 3.8) is 0 Å². The van der Waals surface area contributed by atoms with Crippen molar-refractivity contribution >= 4 is 5.69 Å². The van der Waals surface area contributed by atoms with E-state index >= 15 is 0 Å². The maximum absolute atomic E-state index is 5.49. The molecular weight excluding hydrogens is 246 g/mol. The highest BCUT2D eigenvalue weighted by molar-refractivity contribution is 5.69. The van der Waals surface area contributed by atoms with Gasteiger partial charge in [0.2, 0.25) is 0 Å². The molecule has 1 heterocycles. The van der Waals surface area contributed by atoms with Gasteiger partial charge in [-0.1, -0.05) is 18.2 Å². The molecule has 0 spiro atoms. The number of ether oxygens (including phenoxy) is 1. The topological polar surface area (TPSA) is 21.3 Å². The van der Waals surface area contributed by atoms with Crippen LogP contribution >= 0.6 is 0 Å². The molecule has 1 aliphatic heterocycles. The second-order valence-electron chi connectivity index (χ2n) is 5.41. The van der Waals surface area contributed by atoms with Crippen molar-refractivity contribution in [1.82, 2.24) is 0 Å². The standard InChI is InChI=1S/C18H21NO/c1-3-20-17-9-6-14(7-10-17)15-8-11-18-16(12-15)5-4-13(2)19-18/h6-13,19H,3-5H2,1-2H3. The molecule has 0 saturated carbocycles. The van der Waals surface area contributed by atoms with Gasteiger partial charge in [0.25, 0.3) is 0 Å². The molecule has 1 aliphatic rings. The predicted molar refractivity (Wildman–Crippen MR) is 84.5 cm³/mol. The Labute approximate surface area is 120 Å². The first kappa shape index (κ1) is 13.0. The molecule has 1 unspecified atom stereocenters. The number of rotatable bonds is 3. The summed E-state index contributed by atoms with van der Waals surface area (Å²) in [6.07, 6.45) is 2.37. The van der Waals surface area contributed by atoms with Crippen molar-refractivity contribution < 1.29 is 4.74 Å². The van der Waals surface area contributed by atoms with Gasteiger partial charge in [0, 0.05) is 11.7 Å². The summed E-state index contributed by atoms with van der Waals surface area (Å²) in [6.45, 7) is 4.96. The van der Waals surface area contributed by atoms with E-state index in [1.807, 2.05) is 19.1 Å². The lowest BCUT2D eigenvalue weighted by Crippen LogP contribution is -2.21. The first-order valence-corrected chi connectivity index (χ1v) is 7.39. The average molecular weight is 267 g/mol. The zero-order valence-corrected chi connectivity index (χ0v) is 12.1. The lowest BCUT2D eigenvalue weighted by atomic mass is 9.95. The highest BCUT2D eigenvalue weighted by Gasteiger charge is 2.14. The zero-order valence-electron chi connectivity index (χ0n) is 12.1. The third-order valence-electron chi connectivity index (χ3n) is 3.85. The van der Waals surface area contributed by atoms with Crippen LogP contribution < -0.4 is 10.1 Å². The molecule has 2 aromatic rings. The minimum Gasteiger partial charge on any atom is -0.494 e. The van der Waals surface area contributed by atoms with Crippen LogP contribution in [-0.4, -0.2) is 12.6 Å². The first-order valence-electron chi connectivity index (χ1n) is 7.39. The van der Waals surface area contributed by atoms with Crippen molar-refractivity contribution in [2.45, 2.75) is 32.7 Å². The molecule has 3 rings (SSSR count). The Hall–Kier alpha value is -1.96. The number of benzene rings is 2. The molecule has 2 aromatic carbocycles.